The van der Waals surface area contributed by atoms with E-state index in [4.69, 9.17) is 14.6 Å². The molecule has 2 aromatic rings. The molecule has 1 aromatic carbocycles. The van der Waals surface area contributed by atoms with Crippen LogP contribution in [-0.4, -0.2) is 18.3 Å². The lowest BCUT2D eigenvalue weighted by Gasteiger charge is -2.07. The third kappa shape index (κ3) is 4.02. The predicted octanol–water partition coefficient (Wildman–Crippen LogP) is 3.07. The minimum Gasteiger partial charge on any atom is -0.494 e. The first-order chi connectivity index (χ1) is 9.83. The second-order valence-electron chi connectivity index (χ2n) is 3.91. The van der Waals surface area contributed by atoms with E-state index in [1.807, 2.05) is 42.6 Å². The van der Waals surface area contributed by atoms with E-state index in [-0.39, 0.29) is 6.61 Å². The molecule has 4 heteroatoms. The Morgan fingerprint density at radius 3 is 2.45 bits per heavy atom. The first-order valence-electron chi connectivity index (χ1n) is 6.35. The molecule has 3 nitrogen and oxygen atoms in total. The van der Waals surface area contributed by atoms with E-state index in [2.05, 4.69) is 11.8 Å². The van der Waals surface area contributed by atoms with Crippen molar-refractivity contribution >= 4 is 11.3 Å². The van der Waals surface area contributed by atoms with Gasteiger partial charge in [-0.05, 0) is 42.6 Å². The fourth-order valence-electron chi connectivity index (χ4n) is 1.65. The summed E-state index contributed by atoms with van der Waals surface area (Å²) in [6.45, 7) is 2.95. The molecular formula is C16H16O3S. The number of aliphatic hydroxyl groups is 1. The highest BCUT2D eigenvalue weighted by Crippen LogP contribution is 2.21. The lowest BCUT2D eigenvalue weighted by atomic mass is 10.2. The monoisotopic (exact) mass is 288 g/mol. The Morgan fingerprint density at radius 2 is 1.80 bits per heavy atom. The molecule has 1 aromatic heterocycles. The van der Waals surface area contributed by atoms with Gasteiger partial charge in [-0.2, -0.15) is 0 Å². The summed E-state index contributed by atoms with van der Waals surface area (Å²) in [5, 5.41) is 10.7. The molecule has 0 amide bonds. The van der Waals surface area contributed by atoms with Gasteiger partial charge in [0, 0.05) is 5.56 Å². The van der Waals surface area contributed by atoms with Gasteiger partial charge in [-0.15, -0.1) is 11.3 Å². The zero-order valence-corrected chi connectivity index (χ0v) is 12.1. The Balaban J connectivity index is 1.96. The maximum Gasteiger partial charge on any atom is 0.124 e. The largest absolute Gasteiger partial charge is 0.494 e. The normalized spacial score (nSPS) is 9.70. The van der Waals surface area contributed by atoms with Crippen molar-refractivity contribution in [3.05, 3.63) is 46.2 Å². The van der Waals surface area contributed by atoms with Crippen molar-refractivity contribution in [2.45, 2.75) is 13.5 Å². The van der Waals surface area contributed by atoms with Crippen LogP contribution in [0.3, 0.4) is 0 Å². The molecule has 0 aliphatic carbocycles. The number of thiophene rings is 1. The standard InChI is InChI=1S/C16H16O3S/c1-2-18-14-5-7-15(8-6-14)19-12-16-13(4-3-10-17)9-11-20-16/h5-9,11,17H,2,10,12H2,1H3. The molecule has 0 bridgehead atoms. The van der Waals surface area contributed by atoms with Crippen LogP contribution in [0.5, 0.6) is 11.5 Å². The molecule has 0 atom stereocenters. The van der Waals surface area contributed by atoms with Crippen molar-refractivity contribution in [3.63, 3.8) is 0 Å². The lowest BCUT2D eigenvalue weighted by molar-refractivity contribution is 0.307. The third-order valence-corrected chi connectivity index (χ3v) is 3.45. The van der Waals surface area contributed by atoms with Crippen LogP contribution < -0.4 is 9.47 Å². The van der Waals surface area contributed by atoms with E-state index >= 15 is 0 Å². The van der Waals surface area contributed by atoms with E-state index in [0.717, 1.165) is 21.9 Å². The fraction of sp³-hybridized carbons (Fsp3) is 0.250. The number of rotatable bonds is 5. The second kappa shape index (κ2) is 7.59. The summed E-state index contributed by atoms with van der Waals surface area (Å²) in [6, 6.07) is 9.49. The van der Waals surface area contributed by atoms with Gasteiger partial charge < -0.3 is 14.6 Å². The van der Waals surface area contributed by atoms with Crippen LogP contribution in [0.25, 0.3) is 0 Å². The van der Waals surface area contributed by atoms with Gasteiger partial charge in [0.05, 0.1) is 11.5 Å². The maximum atomic E-state index is 8.72. The van der Waals surface area contributed by atoms with E-state index in [9.17, 15) is 0 Å². The Morgan fingerprint density at radius 1 is 1.10 bits per heavy atom. The van der Waals surface area contributed by atoms with Crippen molar-refractivity contribution in [1.29, 1.82) is 0 Å². The zero-order chi connectivity index (χ0) is 14.2. The van der Waals surface area contributed by atoms with E-state index in [0.29, 0.717) is 13.2 Å². The molecule has 0 fully saturated rings. The first kappa shape index (κ1) is 14.4. The molecule has 1 N–H and O–H groups in total. The predicted molar refractivity (Wildman–Crippen MR) is 80.2 cm³/mol. The number of hydrogen-bond donors (Lipinski definition) is 1. The molecule has 2 rings (SSSR count). The fourth-order valence-corrected chi connectivity index (χ4v) is 2.39. The number of aliphatic hydroxyl groups excluding tert-OH is 1. The Labute approximate surface area is 122 Å². The summed E-state index contributed by atoms with van der Waals surface area (Å²) in [5.41, 5.74) is 0.912. The summed E-state index contributed by atoms with van der Waals surface area (Å²) in [6.07, 6.45) is 0. The van der Waals surface area contributed by atoms with E-state index < -0.39 is 0 Å². The highest BCUT2D eigenvalue weighted by molar-refractivity contribution is 7.10. The van der Waals surface area contributed by atoms with Gasteiger partial charge in [0.2, 0.25) is 0 Å². The van der Waals surface area contributed by atoms with Crippen molar-refractivity contribution in [2.75, 3.05) is 13.2 Å². The molecule has 0 aliphatic heterocycles. The average molecular weight is 288 g/mol. The molecule has 0 aliphatic rings. The zero-order valence-electron chi connectivity index (χ0n) is 11.3. The molecule has 0 unspecified atom stereocenters. The molecule has 0 radical (unpaired) electrons. The quantitative estimate of drug-likeness (QED) is 0.859. The lowest BCUT2D eigenvalue weighted by Crippen LogP contribution is -1.95. The summed E-state index contributed by atoms with van der Waals surface area (Å²) in [4.78, 5) is 1.06. The van der Waals surface area contributed by atoms with Gasteiger partial charge in [-0.25, -0.2) is 0 Å². The van der Waals surface area contributed by atoms with Crippen molar-refractivity contribution in [2.24, 2.45) is 0 Å². The topological polar surface area (TPSA) is 38.7 Å². The molecule has 0 spiro atoms. The minimum atomic E-state index is -0.130. The van der Waals surface area contributed by atoms with Crippen LogP contribution in [0.1, 0.15) is 17.4 Å². The summed E-state index contributed by atoms with van der Waals surface area (Å²) >= 11 is 1.60. The van der Waals surface area contributed by atoms with Gasteiger partial charge >= 0.3 is 0 Å². The van der Waals surface area contributed by atoms with Gasteiger partial charge in [0.25, 0.3) is 0 Å². The maximum absolute atomic E-state index is 8.72. The number of benzene rings is 1. The van der Waals surface area contributed by atoms with Crippen LogP contribution in [0.15, 0.2) is 35.7 Å². The molecule has 20 heavy (non-hydrogen) atoms. The number of ether oxygens (including phenoxy) is 2. The van der Waals surface area contributed by atoms with E-state index in [1.165, 1.54) is 0 Å². The average Bonchev–Trinajstić information content (AvgIpc) is 2.92. The SMILES string of the molecule is CCOc1ccc(OCc2sccc2C#CCO)cc1. The van der Waals surface area contributed by atoms with Gasteiger partial charge in [-0.1, -0.05) is 11.8 Å². The van der Waals surface area contributed by atoms with Gasteiger partial charge in [0.1, 0.15) is 24.7 Å². The highest BCUT2D eigenvalue weighted by atomic mass is 32.1. The molecule has 0 saturated heterocycles. The Bertz CT molecular complexity index is 590. The molecule has 104 valence electrons. The van der Waals surface area contributed by atoms with Crippen molar-refractivity contribution in [3.8, 4) is 23.3 Å². The van der Waals surface area contributed by atoms with E-state index in [1.54, 1.807) is 11.3 Å². The van der Waals surface area contributed by atoms with Crippen LogP contribution in [0.2, 0.25) is 0 Å². The molecule has 1 heterocycles. The Kier molecular flexibility index (Phi) is 5.48. The highest BCUT2D eigenvalue weighted by Gasteiger charge is 2.03. The smallest absolute Gasteiger partial charge is 0.124 e. The summed E-state index contributed by atoms with van der Waals surface area (Å²) < 4.78 is 11.1. The third-order valence-electron chi connectivity index (χ3n) is 2.55. The molecule has 0 saturated carbocycles. The second-order valence-corrected chi connectivity index (χ2v) is 4.91. The summed E-state index contributed by atoms with van der Waals surface area (Å²) in [5.74, 6) is 7.20. The van der Waals surface area contributed by atoms with Crippen molar-refractivity contribution in [1.82, 2.24) is 0 Å². The molecular weight excluding hydrogens is 272 g/mol. The van der Waals surface area contributed by atoms with Gasteiger partial charge in [0.15, 0.2) is 0 Å². The van der Waals surface area contributed by atoms with Crippen LogP contribution in [0.4, 0.5) is 0 Å². The first-order valence-corrected chi connectivity index (χ1v) is 7.23. The number of hydrogen-bond acceptors (Lipinski definition) is 4. The van der Waals surface area contributed by atoms with Crippen molar-refractivity contribution < 1.29 is 14.6 Å². The Hall–Kier alpha value is -1.96. The van der Waals surface area contributed by atoms with Crippen LogP contribution in [0, 0.1) is 11.8 Å². The van der Waals surface area contributed by atoms with Crippen LogP contribution in [-0.2, 0) is 6.61 Å². The van der Waals surface area contributed by atoms with Gasteiger partial charge in [-0.3, -0.25) is 0 Å². The van der Waals surface area contributed by atoms with Crippen LogP contribution >= 0.6 is 11.3 Å². The minimum absolute atomic E-state index is 0.130. The summed E-state index contributed by atoms with van der Waals surface area (Å²) in [7, 11) is 0.